The summed E-state index contributed by atoms with van der Waals surface area (Å²) in [5.74, 6) is -0.267. The first-order valence-corrected chi connectivity index (χ1v) is 8.92. The van der Waals surface area contributed by atoms with Gasteiger partial charge in [-0.25, -0.2) is 0 Å². The van der Waals surface area contributed by atoms with Crippen LogP contribution in [-0.2, 0) is 11.2 Å². The van der Waals surface area contributed by atoms with E-state index in [1.807, 2.05) is 19.1 Å². The Morgan fingerprint density at radius 3 is 3.00 bits per heavy atom. The summed E-state index contributed by atoms with van der Waals surface area (Å²) in [6.07, 6.45) is 1.87. The van der Waals surface area contributed by atoms with Gasteiger partial charge in [-0.3, -0.25) is 9.59 Å². The Balaban J connectivity index is 1.69. The predicted octanol–water partition coefficient (Wildman–Crippen LogP) is 2.68. The fourth-order valence-corrected chi connectivity index (χ4v) is 3.59. The van der Waals surface area contributed by atoms with Gasteiger partial charge in [-0.15, -0.1) is 5.10 Å². The van der Waals surface area contributed by atoms with E-state index in [4.69, 9.17) is 11.6 Å². The first kappa shape index (κ1) is 16.9. The van der Waals surface area contributed by atoms with Crippen LogP contribution in [0, 0.1) is 0 Å². The minimum atomic E-state index is -0.252. The molecular formula is C16H17ClN4O2S. The number of aromatic nitrogens is 2. The van der Waals surface area contributed by atoms with Gasteiger partial charge in [0, 0.05) is 13.0 Å². The molecule has 2 amide bonds. The number of para-hydroxylation sites is 1. The topological polar surface area (TPSA) is 75.2 Å². The van der Waals surface area contributed by atoms with E-state index in [2.05, 4.69) is 14.9 Å². The molecule has 0 radical (unpaired) electrons. The number of hydrogen-bond acceptors (Lipinski definition) is 5. The summed E-state index contributed by atoms with van der Waals surface area (Å²) in [6, 6.07) is 6.95. The third-order valence-corrected chi connectivity index (χ3v) is 4.94. The Morgan fingerprint density at radius 2 is 2.25 bits per heavy atom. The molecule has 1 aromatic carbocycles. The molecule has 24 heavy (non-hydrogen) atoms. The van der Waals surface area contributed by atoms with Crippen molar-refractivity contribution < 1.29 is 9.59 Å². The predicted molar refractivity (Wildman–Crippen MR) is 93.6 cm³/mol. The molecule has 1 N–H and O–H groups in total. The van der Waals surface area contributed by atoms with Crippen molar-refractivity contribution in [2.45, 2.75) is 32.2 Å². The van der Waals surface area contributed by atoms with Gasteiger partial charge in [0.1, 0.15) is 4.88 Å². The zero-order valence-corrected chi connectivity index (χ0v) is 14.7. The lowest BCUT2D eigenvalue weighted by Crippen LogP contribution is -2.37. The average molecular weight is 365 g/mol. The Hall–Kier alpha value is -1.99. The Kier molecular flexibility index (Phi) is 5.11. The van der Waals surface area contributed by atoms with Crippen LogP contribution in [-0.4, -0.2) is 34.0 Å². The van der Waals surface area contributed by atoms with E-state index in [1.165, 1.54) is 0 Å². The van der Waals surface area contributed by atoms with Crippen LogP contribution in [0.5, 0.6) is 0 Å². The molecule has 8 heteroatoms. The molecule has 2 aromatic rings. The van der Waals surface area contributed by atoms with Crippen LogP contribution < -0.4 is 10.2 Å². The number of carbonyl (C=O) groups excluding carboxylic acids is 2. The first-order chi connectivity index (χ1) is 11.6. The van der Waals surface area contributed by atoms with Gasteiger partial charge in [-0.05, 0) is 30.1 Å². The average Bonchev–Trinajstić information content (AvgIpc) is 3.15. The molecular weight excluding hydrogens is 348 g/mol. The minimum Gasteiger partial charge on any atom is -0.346 e. The highest BCUT2D eigenvalue weighted by molar-refractivity contribution is 7.08. The standard InChI is InChI=1S/C16H17ClN4O2S/c1-2-5-12-15(24-20-19-12)16(23)18-10-8-14(22)21(9-10)13-7-4-3-6-11(13)17/h3-4,6-7,10H,2,5,8-9H2,1H3,(H,18,23)/t10-/m1/s1. The fraction of sp³-hybridized carbons (Fsp3) is 0.375. The van der Waals surface area contributed by atoms with E-state index in [1.54, 1.807) is 17.0 Å². The fourth-order valence-electron chi connectivity index (χ4n) is 2.74. The number of halogens is 1. The lowest BCUT2D eigenvalue weighted by molar-refractivity contribution is -0.117. The van der Waals surface area contributed by atoms with Crippen molar-refractivity contribution in [3.8, 4) is 0 Å². The molecule has 1 aromatic heterocycles. The molecule has 1 saturated heterocycles. The van der Waals surface area contributed by atoms with Crippen LogP contribution in [0.2, 0.25) is 5.02 Å². The minimum absolute atomic E-state index is 0.0513. The molecule has 6 nitrogen and oxygen atoms in total. The van der Waals surface area contributed by atoms with Crippen LogP contribution in [0.1, 0.15) is 35.1 Å². The van der Waals surface area contributed by atoms with E-state index in [-0.39, 0.29) is 24.3 Å². The summed E-state index contributed by atoms with van der Waals surface area (Å²) < 4.78 is 3.86. The van der Waals surface area contributed by atoms with Crippen LogP contribution in [0.15, 0.2) is 24.3 Å². The molecule has 1 fully saturated rings. The zero-order chi connectivity index (χ0) is 17.1. The summed E-state index contributed by atoms with van der Waals surface area (Å²) in [6.45, 7) is 2.43. The van der Waals surface area contributed by atoms with Crippen LogP contribution >= 0.6 is 23.1 Å². The highest BCUT2D eigenvalue weighted by Crippen LogP contribution is 2.29. The number of hydrogen-bond donors (Lipinski definition) is 1. The normalized spacial score (nSPS) is 17.3. The van der Waals surface area contributed by atoms with Gasteiger partial charge in [0.25, 0.3) is 5.91 Å². The van der Waals surface area contributed by atoms with Crippen molar-refractivity contribution in [3.05, 3.63) is 39.9 Å². The Bertz CT molecular complexity index is 764. The lowest BCUT2D eigenvalue weighted by Gasteiger charge is -2.18. The number of benzene rings is 1. The van der Waals surface area contributed by atoms with Gasteiger partial charge in [0.05, 0.1) is 22.4 Å². The first-order valence-electron chi connectivity index (χ1n) is 7.77. The number of nitrogens with one attached hydrogen (secondary N) is 1. The molecule has 0 saturated carbocycles. The van der Waals surface area contributed by atoms with Gasteiger partial charge in [-0.2, -0.15) is 0 Å². The van der Waals surface area contributed by atoms with Crippen LogP contribution in [0.3, 0.4) is 0 Å². The maximum Gasteiger partial charge on any atom is 0.265 e. The highest BCUT2D eigenvalue weighted by atomic mass is 35.5. The smallest absolute Gasteiger partial charge is 0.265 e. The molecule has 3 rings (SSSR count). The highest BCUT2D eigenvalue weighted by Gasteiger charge is 2.33. The molecule has 1 atom stereocenters. The van der Waals surface area contributed by atoms with E-state index in [9.17, 15) is 9.59 Å². The van der Waals surface area contributed by atoms with Crippen LogP contribution in [0.4, 0.5) is 5.69 Å². The van der Waals surface area contributed by atoms with Gasteiger partial charge in [0.2, 0.25) is 5.91 Å². The van der Waals surface area contributed by atoms with Crippen LogP contribution in [0.25, 0.3) is 0 Å². The van der Waals surface area contributed by atoms with E-state index >= 15 is 0 Å². The van der Waals surface area contributed by atoms with Crippen molar-refractivity contribution in [1.29, 1.82) is 0 Å². The number of nitrogens with zero attached hydrogens (tertiary/aromatic N) is 3. The number of carbonyl (C=O) groups is 2. The SMILES string of the molecule is CCCc1nnsc1C(=O)N[C@@H]1CC(=O)N(c2ccccc2Cl)C1. The second kappa shape index (κ2) is 7.27. The molecule has 0 aliphatic carbocycles. The molecule has 1 aliphatic rings. The number of anilines is 1. The third-order valence-electron chi connectivity index (χ3n) is 3.85. The Labute approximate surface area is 149 Å². The molecule has 2 heterocycles. The molecule has 0 unspecified atom stereocenters. The van der Waals surface area contributed by atoms with Gasteiger partial charge >= 0.3 is 0 Å². The molecule has 0 spiro atoms. The summed E-state index contributed by atoms with van der Waals surface area (Å²) in [5.41, 5.74) is 1.39. The second-order valence-electron chi connectivity index (χ2n) is 5.63. The lowest BCUT2D eigenvalue weighted by atomic mass is 10.2. The van der Waals surface area contributed by atoms with Crippen molar-refractivity contribution >= 4 is 40.6 Å². The Morgan fingerprint density at radius 1 is 1.46 bits per heavy atom. The number of amides is 2. The van der Waals surface area contributed by atoms with E-state index in [0.717, 1.165) is 18.0 Å². The van der Waals surface area contributed by atoms with Gasteiger partial charge < -0.3 is 10.2 Å². The summed E-state index contributed by atoms with van der Waals surface area (Å²) in [4.78, 5) is 26.9. The summed E-state index contributed by atoms with van der Waals surface area (Å²) in [5, 5.41) is 7.44. The quantitative estimate of drug-likeness (QED) is 0.885. The monoisotopic (exact) mass is 364 g/mol. The van der Waals surface area contributed by atoms with Crippen molar-refractivity contribution in [1.82, 2.24) is 14.9 Å². The zero-order valence-electron chi connectivity index (χ0n) is 13.2. The maximum atomic E-state index is 12.4. The summed E-state index contributed by atoms with van der Waals surface area (Å²) in [7, 11) is 0. The van der Waals surface area contributed by atoms with E-state index < -0.39 is 0 Å². The second-order valence-corrected chi connectivity index (χ2v) is 6.79. The molecule has 1 aliphatic heterocycles. The van der Waals surface area contributed by atoms with Gasteiger partial charge in [-0.1, -0.05) is 41.6 Å². The molecule has 126 valence electrons. The third kappa shape index (κ3) is 3.42. The maximum absolute atomic E-state index is 12.4. The van der Waals surface area contributed by atoms with E-state index in [0.29, 0.717) is 34.2 Å². The van der Waals surface area contributed by atoms with Crippen molar-refractivity contribution in [2.24, 2.45) is 0 Å². The number of rotatable bonds is 5. The largest absolute Gasteiger partial charge is 0.346 e. The van der Waals surface area contributed by atoms with Crippen molar-refractivity contribution in [2.75, 3.05) is 11.4 Å². The van der Waals surface area contributed by atoms with Gasteiger partial charge in [0.15, 0.2) is 0 Å². The summed E-state index contributed by atoms with van der Waals surface area (Å²) >= 11 is 7.25. The number of aryl methyl sites for hydroxylation is 1. The van der Waals surface area contributed by atoms with Crippen molar-refractivity contribution in [3.63, 3.8) is 0 Å². The molecule has 0 bridgehead atoms.